The highest BCUT2D eigenvalue weighted by atomic mass is 16.2. The van der Waals surface area contributed by atoms with Gasteiger partial charge in [-0.1, -0.05) is 0 Å². The van der Waals surface area contributed by atoms with Crippen LogP contribution in [0.25, 0.3) is 0 Å². The molecule has 0 aromatic heterocycles. The topological polar surface area (TPSA) is 56.1 Å². The van der Waals surface area contributed by atoms with Gasteiger partial charge >= 0.3 is 0 Å². The molecule has 1 atom stereocenters. The van der Waals surface area contributed by atoms with Gasteiger partial charge in [-0.15, -0.1) is 0 Å². The van der Waals surface area contributed by atoms with Crippen molar-refractivity contribution in [2.45, 2.75) is 18.9 Å². The Morgan fingerprint density at radius 1 is 1.50 bits per heavy atom. The largest absolute Gasteiger partial charge is 0.358 e. The summed E-state index contributed by atoms with van der Waals surface area (Å²) < 4.78 is 0. The number of hydrogen-bond donors (Lipinski definition) is 1. The van der Waals surface area contributed by atoms with E-state index in [0.29, 0.717) is 5.56 Å². The number of nitrogens with one attached hydrogen (secondary N) is 1. The molecule has 4 nitrogen and oxygen atoms in total. The predicted octanol–water partition coefficient (Wildman–Crippen LogP) is 1.48. The van der Waals surface area contributed by atoms with Gasteiger partial charge in [-0.25, -0.2) is 0 Å². The predicted molar refractivity (Wildman–Crippen MR) is 60.2 cm³/mol. The molecule has 1 fully saturated rings. The van der Waals surface area contributed by atoms with E-state index in [1.165, 1.54) is 0 Å². The Kier molecular flexibility index (Phi) is 1.87. The van der Waals surface area contributed by atoms with Gasteiger partial charge in [-0.2, -0.15) is 5.26 Å². The molecule has 2 heterocycles. The van der Waals surface area contributed by atoms with Crippen LogP contribution in [0.1, 0.15) is 18.4 Å². The van der Waals surface area contributed by atoms with Crippen molar-refractivity contribution in [3.05, 3.63) is 23.8 Å². The van der Waals surface area contributed by atoms with E-state index in [2.05, 4.69) is 16.3 Å². The van der Waals surface area contributed by atoms with E-state index in [1.54, 1.807) is 12.1 Å². The van der Waals surface area contributed by atoms with Crippen molar-refractivity contribution in [1.29, 1.82) is 5.26 Å². The average Bonchev–Trinajstić information content (AvgIpc) is 2.78. The number of benzene rings is 1. The van der Waals surface area contributed by atoms with Gasteiger partial charge in [-0.3, -0.25) is 4.79 Å². The van der Waals surface area contributed by atoms with Crippen LogP contribution in [0.2, 0.25) is 0 Å². The molecule has 0 aliphatic carbocycles. The lowest BCUT2D eigenvalue weighted by Crippen LogP contribution is -2.43. The monoisotopic (exact) mass is 213 g/mol. The van der Waals surface area contributed by atoms with Crippen molar-refractivity contribution < 1.29 is 4.79 Å². The van der Waals surface area contributed by atoms with Gasteiger partial charge in [0.15, 0.2) is 0 Å². The first kappa shape index (κ1) is 9.22. The Bertz CT molecular complexity index is 503. The second-order valence-corrected chi connectivity index (χ2v) is 4.18. The highest BCUT2D eigenvalue weighted by Crippen LogP contribution is 2.36. The molecule has 16 heavy (non-hydrogen) atoms. The number of fused-ring (bicyclic) bond motifs is 3. The maximum Gasteiger partial charge on any atom is 0.247 e. The number of nitrogens with zero attached hydrogens (tertiary/aromatic N) is 2. The van der Waals surface area contributed by atoms with E-state index in [9.17, 15) is 4.79 Å². The van der Waals surface area contributed by atoms with Crippen LogP contribution in [0.4, 0.5) is 11.4 Å². The zero-order valence-corrected chi connectivity index (χ0v) is 8.73. The Hall–Kier alpha value is -2.02. The standard InChI is InChI=1S/C12H11N3O/c13-7-8-3-4-9-11(6-8)15-5-1-2-10(15)12(16)14-9/h3-4,6,10H,1-2,5H2,(H,14,16). The summed E-state index contributed by atoms with van der Waals surface area (Å²) in [7, 11) is 0. The Morgan fingerprint density at radius 3 is 3.19 bits per heavy atom. The molecular formula is C12H11N3O. The van der Waals surface area contributed by atoms with Crippen LogP contribution < -0.4 is 10.2 Å². The third-order valence-electron chi connectivity index (χ3n) is 3.25. The summed E-state index contributed by atoms with van der Waals surface area (Å²) in [5, 5.41) is 11.8. The summed E-state index contributed by atoms with van der Waals surface area (Å²) in [6, 6.07) is 7.48. The summed E-state index contributed by atoms with van der Waals surface area (Å²) in [5.74, 6) is 0.0784. The molecular weight excluding hydrogens is 202 g/mol. The van der Waals surface area contributed by atoms with E-state index in [0.717, 1.165) is 30.8 Å². The highest BCUT2D eigenvalue weighted by molar-refractivity contribution is 6.04. The minimum atomic E-state index is -0.0403. The summed E-state index contributed by atoms with van der Waals surface area (Å²) in [6.45, 7) is 0.903. The molecule has 1 aromatic carbocycles. The molecule has 1 amide bonds. The quantitative estimate of drug-likeness (QED) is 0.710. The van der Waals surface area contributed by atoms with Crippen molar-refractivity contribution >= 4 is 17.3 Å². The molecule has 4 heteroatoms. The van der Waals surface area contributed by atoms with Crippen LogP contribution in [-0.4, -0.2) is 18.5 Å². The van der Waals surface area contributed by atoms with Gasteiger partial charge in [-0.05, 0) is 31.0 Å². The van der Waals surface area contributed by atoms with Gasteiger partial charge in [0.2, 0.25) is 5.91 Å². The zero-order chi connectivity index (χ0) is 11.1. The van der Waals surface area contributed by atoms with Gasteiger partial charge in [0.05, 0.1) is 23.0 Å². The number of rotatable bonds is 0. The molecule has 2 aliphatic rings. The minimum absolute atomic E-state index is 0.0403. The maximum absolute atomic E-state index is 11.8. The Balaban J connectivity index is 2.12. The normalized spacial score (nSPS) is 22.1. The highest BCUT2D eigenvalue weighted by Gasteiger charge is 2.36. The Labute approximate surface area is 93.5 Å². The van der Waals surface area contributed by atoms with E-state index in [1.807, 2.05) is 6.07 Å². The Morgan fingerprint density at radius 2 is 2.38 bits per heavy atom. The van der Waals surface area contributed by atoms with Crippen molar-refractivity contribution in [3.63, 3.8) is 0 Å². The molecule has 1 N–H and O–H groups in total. The molecule has 1 aromatic rings. The molecule has 2 aliphatic heterocycles. The number of carbonyl (C=O) groups is 1. The van der Waals surface area contributed by atoms with E-state index < -0.39 is 0 Å². The summed E-state index contributed by atoms with van der Waals surface area (Å²) in [4.78, 5) is 13.9. The number of anilines is 2. The van der Waals surface area contributed by atoms with Gasteiger partial charge in [0.1, 0.15) is 6.04 Å². The van der Waals surface area contributed by atoms with E-state index in [4.69, 9.17) is 5.26 Å². The smallest absolute Gasteiger partial charge is 0.247 e. The third-order valence-corrected chi connectivity index (χ3v) is 3.25. The molecule has 1 unspecified atom stereocenters. The average molecular weight is 213 g/mol. The molecule has 1 saturated heterocycles. The zero-order valence-electron chi connectivity index (χ0n) is 8.73. The summed E-state index contributed by atoms with van der Waals surface area (Å²) in [5.41, 5.74) is 2.45. The second kappa shape index (κ2) is 3.24. The van der Waals surface area contributed by atoms with Crippen LogP contribution in [-0.2, 0) is 4.79 Å². The van der Waals surface area contributed by atoms with Crippen molar-refractivity contribution in [2.75, 3.05) is 16.8 Å². The van der Waals surface area contributed by atoms with Gasteiger partial charge in [0.25, 0.3) is 0 Å². The number of amides is 1. The molecule has 0 bridgehead atoms. The van der Waals surface area contributed by atoms with E-state index in [-0.39, 0.29) is 11.9 Å². The third kappa shape index (κ3) is 1.18. The van der Waals surface area contributed by atoms with Crippen LogP contribution in [0, 0.1) is 11.3 Å². The van der Waals surface area contributed by atoms with Gasteiger partial charge < -0.3 is 10.2 Å². The fraction of sp³-hybridized carbons (Fsp3) is 0.333. The molecule has 0 radical (unpaired) electrons. The first-order valence-corrected chi connectivity index (χ1v) is 5.41. The van der Waals surface area contributed by atoms with Crippen LogP contribution in [0.15, 0.2) is 18.2 Å². The summed E-state index contributed by atoms with van der Waals surface area (Å²) >= 11 is 0. The number of hydrogen-bond acceptors (Lipinski definition) is 3. The molecule has 0 spiro atoms. The van der Waals surface area contributed by atoms with Crippen molar-refractivity contribution in [1.82, 2.24) is 0 Å². The fourth-order valence-corrected chi connectivity index (χ4v) is 2.49. The van der Waals surface area contributed by atoms with Crippen LogP contribution in [0.3, 0.4) is 0 Å². The molecule has 80 valence electrons. The second-order valence-electron chi connectivity index (χ2n) is 4.18. The molecule has 0 saturated carbocycles. The summed E-state index contributed by atoms with van der Waals surface area (Å²) in [6.07, 6.45) is 1.94. The number of carbonyl (C=O) groups excluding carboxylic acids is 1. The first-order chi connectivity index (χ1) is 7.79. The van der Waals surface area contributed by atoms with Crippen LogP contribution in [0.5, 0.6) is 0 Å². The maximum atomic E-state index is 11.8. The molecule has 3 rings (SSSR count). The lowest BCUT2D eigenvalue weighted by atomic mass is 10.1. The SMILES string of the molecule is N#Cc1ccc2c(c1)N1CCCC1C(=O)N2. The van der Waals surface area contributed by atoms with Crippen molar-refractivity contribution in [3.8, 4) is 6.07 Å². The van der Waals surface area contributed by atoms with Crippen molar-refractivity contribution in [2.24, 2.45) is 0 Å². The minimum Gasteiger partial charge on any atom is -0.358 e. The van der Waals surface area contributed by atoms with E-state index >= 15 is 0 Å². The first-order valence-electron chi connectivity index (χ1n) is 5.41. The lowest BCUT2D eigenvalue weighted by Gasteiger charge is -2.32. The number of nitriles is 1. The lowest BCUT2D eigenvalue weighted by molar-refractivity contribution is -0.117. The van der Waals surface area contributed by atoms with Crippen LogP contribution >= 0.6 is 0 Å². The van der Waals surface area contributed by atoms with Gasteiger partial charge in [0, 0.05) is 6.54 Å². The fourth-order valence-electron chi connectivity index (χ4n) is 2.49.